The fourth-order valence-electron chi connectivity index (χ4n) is 3.73. The Morgan fingerprint density at radius 2 is 1.05 bits per heavy atom. The van der Waals surface area contributed by atoms with E-state index in [4.69, 9.17) is 9.47 Å². The Bertz CT molecular complexity index is 183. The Hall–Kier alpha value is -0.0800. The first kappa shape index (κ1) is 18.0. The zero-order chi connectivity index (χ0) is 14.6. The molecule has 0 saturated heterocycles. The summed E-state index contributed by atoms with van der Waals surface area (Å²) in [5, 5.41) is 0. The van der Waals surface area contributed by atoms with Crippen LogP contribution in [0.1, 0.15) is 85.0 Å². The highest BCUT2D eigenvalue weighted by Crippen LogP contribution is 2.37. The number of hydrogen-bond acceptors (Lipinski definition) is 2. The van der Waals surface area contributed by atoms with Crippen molar-refractivity contribution in [3.8, 4) is 0 Å². The Morgan fingerprint density at radius 1 is 0.700 bits per heavy atom. The fraction of sp³-hybridized carbons (Fsp3) is 1.00. The zero-order valence-corrected chi connectivity index (χ0v) is 14.0. The van der Waals surface area contributed by atoms with Crippen molar-refractivity contribution in [1.29, 1.82) is 0 Å². The summed E-state index contributed by atoms with van der Waals surface area (Å²) in [6.45, 7) is 7.25. The number of hydrogen-bond donors (Lipinski definition) is 0. The van der Waals surface area contributed by atoms with E-state index >= 15 is 0 Å². The van der Waals surface area contributed by atoms with Crippen LogP contribution in [0.15, 0.2) is 0 Å². The van der Waals surface area contributed by atoms with Gasteiger partial charge < -0.3 is 9.47 Å². The highest BCUT2D eigenvalue weighted by Gasteiger charge is 2.24. The van der Waals surface area contributed by atoms with Crippen molar-refractivity contribution >= 4 is 0 Å². The molecule has 2 rings (SSSR count). The van der Waals surface area contributed by atoms with Crippen molar-refractivity contribution in [1.82, 2.24) is 0 Å². The van der Waals surface area contributed by atoms with Crippen LogP contribution in [0.2, 0.25) is 0 Å². The molecule has 0 amide bonds. The van der Waals surface area contributed by atoms with Crippen LogP contribution >= 0.6 is 0 Å². The summed E-state index contributed by atoms with van der Waals surface area (Å²) in [5.41, 5.74) is 0. The molecule has 0 N–H and O–H groups in total. The average molecular weight is 284 g/mol. The van der Waals surface area contributed by atoms with Crippen molar-refractivity contribution in [2.24, 2.45) is 11.8 Å². The summed E-state index contributed by atoms with van der Waals surface area (Å²) in [4.78, 5) is 0. The molecule has 0 aliphatic heterocycles. The lowest BCUT2D eigenvalue weighted by atomic mass is 9.73. The van der Waals surface area contributed by atoms with E-state index in [1.54, 1.807) is 25.7 Å². The van der Waals surface area contributed by atoms with Crippen LogP contribution in [-0.4, -0.2) is 19.5 Å². The average Bonchev–Trinajstić information content (AvgIpc) is 2.50. The maximum atomic E-state index is 5.06. The normalized spacial score (nSPS) is 21.6. The SMILES string of the molecule is C1CCC(C2CCCCC2)CC1.CCOC(C)OCC. The molecule has 0 bridgehead atoms. The topological polar surface area (TPSA) is 18.5 Å². The van der Waals surface area contributed by atoms with Crippen LogP contribution < -0.4 is 0 Å². The zero-order valence-electron chi connectivity index (χ0n) is 14.0. The van der Waals surface area contributed by atoms with Gasteiger partial charge in [0.1, 0.15) is 0 Å². The third kappa shape index (κ3) is 7.64. The van der Waals surface area contributed by atoms with Crippen LogP contribution in [0.5, 0.6) is 0 Å². The molecule has 0 aromatic rings. The predicted octanol–water partition coefficient (Wildman–Crippen LogP) is 5.55. The van der Waals surface area contributed by atoms with Gasteiger partial charge >= 0.3 is 0 Å². The minimum Gasteiger partial charge on any atom is -0.353 e. The van der Waals surface area contributed by atoms with Gasteiger partial charge in [0, 0.05) is 13.2 Å². The Labute approximate surface area is 126 Å². The van der Waals surface area contributed by atoms with Crippen molar-refractivity contribution in [3.05, 3.63) is 0 Å². The first-order chi connectivity index (χ1) is 9.77. The molecule has 2 heteroatoms. The lowest BCUT2D eigenvalue weighted by molar-refractivity contribution is -0.123. The monoisotopic (exact) mass is 284 g/mol. The van der Waals surface area contributed by atoms with Crippen LogP contribution in [0, 0.1) is 11.8 Å². The van der Waals surface area contributed by atoms with Gasteiger partial charge in [-0.05, 0) is 32.6 Å². The standard InChI is InChI=1S/C12H22.C6H14O2/c1-3-7-11(8-4-1)12-9-5-2-6-10-12;1-4-7-6(3)8-5-2/h11-12H,1-10H2;6H,4-5H2,1-3H3. The van der Waals surface area contributed by atoms with E-state index in [0.717, 1.165) is 25.0 Å². The third-order valence-electron chi connectivity index (χ3n) is 4.77. The van der Waals surface area contributed by atoms with Crippen molar-refractivity contribution in [2.75, 3.05) is 13.2 Å². The van der Waals surface area contributed by atoms with Crippen molar-refractivity contribution in [2.45, 2.75) is 91.3 Å². The lowest BCUT2D eigenvalue weighted by Gasteiger charge is -2.32. The molecule has 0 atom stereocenters. The Morgan fingerprint density at radius 3 is 1.35 bits per heavy atom. The molecule has 0 spiro atoms. The molecule has 120 valence electrons. The first-order valence-electron chi connectivity index (χ1n) is 9.01. The van der Waals surface area contributed by atoms with E-state index in [0.29, 0.717) is 0 Å². The minimum absolute atomic E-state index is 0.0370. The maximum absolute atomic E-state index is 5.06. The minimum atomic E-state index is -0.0370. The van der Waals surface area contributed by atoms with E-state index in [2.05, 4.69) is 0 Å². The summed E-state index contributed by atoms with van der Waals surface area (Å²) in [7, 11) is 0. The van der Waals surface area contributed by atoms with Gasteiger partial charge in [-0.25, -0.2) is 0 Å². The summed E-state index contributed by atoms with van der Waals surface area (Å²) < 4.78 is 10.1. The van der Waals surface area contributed by atoms with Crippen LogP contribution in [0.4, 0.5) is 0 Å². The van der Waals surface area contributed by atoms with Crippen molar-refractivity contribution < 1.29 is 9.47 Å². The second-order valence-corrected chi connectivity index (χ2v) is 6.27. The molecule has 2 aliphatic rings. The molecule has 0 unspecified atom stereocenters. The van der Waals surface area contributed by atoms with Gasteiger partial charge in [-0.2, -0.15) is 0 Å². The largest absolute Gasteiger partial charge is 0.353 e. The van der Waals surface area contributed by atoms with Gasteiger partial charge in [0.05, 0.1) is 0 Å². The Kier molecular flexibility index (Phi) is 10.4. The summed E-state index contributed by atoms with van der Waals surface area (Å²) in [6, 6.07) is 0. The van der Waals surface area contributed by atoms with Crippen LogP contribution in [-0.2, 0) is 9.47 Å². The third-order valence-corrected chi connectivity index (χ3v) is 4.77. The fourth-order valence-corrected chi connectivity index (χ4v) is 3.73. The van der Waals surface area contributed by atoms with Gasteiger partial charge in [0.15, 0.2) is 6.29 Å². The predicted molar refractivity (Wildman–Crippen MR) is 85.9 cm³/mol. The second kappa shape index (κ2) is 11.6. The van der Waals surface area contributed by atoms with Crippen molar-refractivity contribution in [3.63, 3.8) is 0 Å². The number of rotatable bonds is 5. The van der Waals surface area contributed by atoms with Crippen LogP contribution in [0.25, 0.3) is 0 Å². The van der Waals surface area contributed by atoms with Gasteiger partial charge in [0.2, 0.25) is 0 Å². The molecule has 0 radical (unpaired) electrons. The quantitative estimate of drug-likeness (QED) is 0.616. The highest BCUT2D eigenvalue weighted by atomic mass is 16.7. The Balaban J connectivity index is 0.000000221. The smallest absolute Gasteiger partial charge is 0.154 e. The van der Waals surface area contributed by atoms with E-state index in [1.165, 1.54) is 38.5 Å². The molecule has 0 aromatic carbocycles. The van der Waals surface area contributed by atoms with E-state index < -0.39 is 0 Å². The molecule has 2 aliphatic carbocycles. The summed E-state index contributed by atoms with van der Waals surface area (Å²) >= 11 is 0. The van der Waals surface area contributed by atoms with Crippen LogP contribution in [0.3, 0.4) is 0 Å². The number of ether oxygens (including phenoxy) is 2. The van der Waals surface area contributed by atoms with E-state index in [-0.39, 0.29) is 6.29 Å². The van der Waals surface area contributed by atoms with Gasteiger partial charge in [0.25, 0.3) is 0 Å². The molecular weight excluding hydrogens is 248 g/mol. The van der Waals surface area contributed by atoms with E-state index in [1.807, 2.05) is 20.8 Å². The molecule has 2 saturated carbocycles. The van der Waals surface area contributed by atoms with Gasteiger partial charge in [-0.3, -0.25) is 0 Å². The molecular formula is C18H36O2. The molecule has 0 aromatic heterocycles. The summed E-state index contributed by atoms with van der Waals surface area (Å²) in [5.74, 6) is 2.28. The maximum Gasteiger partial charge on any atom is 0.154 e. The molecule has 2 fully saturated rings. The van der Waals surface area contributed by atoms with Gasteiger partial charge in [-0.1, -0.05) is 64.2 Å². The highest BCUT2D eigenvalue weighted by molar-refractivity contribution is 4.76. The van der Waals surface area contributed by atoms with E-state index in [9.17, 15) is 0 Å². The lowest BCUT2D eigenvalue weighted by Crippen LogP contribution is -2.20. The first-order valence-corrected chi connectivity index (χ1v) is 9.01. The second-order valence-electron chi connectivity index (χ2n) is 6.27. The summed E-state index contributed by atoms with van der Waals surface area (Å²) in [6.07, 6.45) is 15.4. The molecule has 2 nitrogen and oxygen atoms in total. The molecule has 0 heterocycles. The molecule has 20 heavy (non-hydrogen) atoms. The van der Waals surface area contributed by atoms with Gasteiger partial charge in [-0.15, -0.1) is 0 Å².